The molecule has 0 bridgehead atoms. The molecule has 0 aliphatic heterocycles. The largest absolute Gasteiger partial charge is 0.295 e. The van der Waals surface area contributed by atoms with Gasteiger partial charge in [0.1, 0.15) is 11.3 Å². The summed E-state index contributed by atoms with van der Waals surface area (Å²) in [6, 6.07) is 5.73. The molecule has 1 N–H and O–H groups in total. The SMILES string of the molecule is Cc1nc2ccccn2c1C(=O)N/N=C1/CC[C@@H]2CCCC[C@H]2C1. The molecular weight excluding hydrogens is 300 g/mol. The third kappa shape index (κ3) is 2.83. The summed E-state index contributed by atoms with van der Waals surface area (Å²) < 4.78 is 1.82. The third-order valence-corrected chi connectivity index (χ3v) is 5.60. The Morgan fingerprint density at radius 2 is 2.08 bits per heavy atom. The van der Waals surface area contributed by atoms with Gasteiger partial charge in [-0.1, -0.05) is 25.3 Å². The first-order chi connectivity index (χ1) is 11.7. The molecule has 2 aromatic heterocycles. The fourth-order valence-electron chi connectivity index (χ4n) is 4.36. The number of carbonyl (C=O) groups excluding carboxylic acids is 1. The number of amides is 1. The molecule has 24 heavy (non-hydrogen) atoms. The van der Waals surface area contributed by atoms with Crippen LogP contribution >= 0.6 is 0 Å². The van der Waals surface area contributed by atoms with Gasteiger partial charge in [-0.05, 0) is 56.6 Å². The highest BCUT2D eigenvalue weighted by atomic mass is 16.2. The third-order valence-electron chi connectivity index (χ3n) is 5.60. The molecule has 4 rings (SSSR count). The van der Waals surface area contributed by atoms with Crippen LogP contribution in [0.5, 0.6) is 0 Å². The normalized spacial score (nSPS) is 25.6. The Kier molecular flexibility index (Phi) is 4.08. The number of rotatable bonds is 2. The van der Waals surface area contributed by atoms with E-state index < -0.39 is 0 Å². The summed E-state index contributed by atoms with van der Waals surface area (Å²) in [5.74, 6) is 1.49. The van der Waals surface area contributed by atoms with Gasteiger partial charge < -0.3 is 0 Å². The maximum atomic E-state index is 12.6. The standard InChI is InChI=1S/C19H24N4O/c1-13-18(23-11-5-4-8-17(23)20-13)19(24)22-21-16-10-9-14-6-2-3-7-15(14)12-16/h4-5,8,11,14-15H,2-3,6-7,9-10,12H2,1H3,(H,22,24)/b21-16-/t14-,15-/m0/s1. The Labute approximate surface area is 142 Å². The average Bonchev–Trinajstić information content (AvgIpc) is 2.95. The molecule has 2 aliphatic rings. The van der Waals surface area contributed by atoms with Crippen LogP contribution in [-0.4, -0.2) is 21.0 Å². The van der Waals surface area contributed by atoms with Crippen molar-refractivity contribution in [3.05, 3.63) is 35.8 Å². The molecule has 0 spiro atoms. The highest BCUT2D eigenvalue weighted by molar-refractivity contribution is 5.96. The summed E-state index contributed by atoms with van der Waals surface area (Å²) in [6.07, 6.45) is 10.6. The van der Waals surface area contributed by atoms with E-state index in [-0.39, 0.29) is 5.91 Å². The number of nitrogens with zero attached hydrogens (tertiary/aromatic N) is 3. The molecule has 0 radical (unpaired) electrons. The van der Waals surface area contributed by atoms with Crippen LogP contribution in [0.2, 0.25) is 0 Å². The van der Waals surface area contributed by atoms with Crippen molar-refractivity contribution in [2.24, 2.45) is 16.9 Å². The number of imidazole rings is 1. The number of aryl methyl sites for hydroxylation is 1. The van der Waals surface area contributed by atoms with E-state index in [0.717, 1.165) is 41.7 Å². The molecule has 0 aromatic carbocycles. The fourth-order valence-corrected chi connectivity index (χ4v) is 4.36. The Morgan fingerprint density at radius 1 is 1.25 bits per heavy atom. The Balaban J connectivity index is 1.49. The minimum atomic E-state index is -0.176. The second-order valence-electron chi connectivity index (χ2n) is 7.14. The van der Waals surface area contributed by atoms with Crippen LogP contribution in [0.3, 0.4) is 0 Å². The lowest BCUT2D eigenvalue weighted by Crippen LogP contribution is -2.30. The van der Waals surface area contributed by atoms with Gasteiger partial charge in [0.2, 0.25) is 0 Å². The van der Waals surface area contributed by atoms with E-state index in [1.165, 1.54) is 32.1 Å². The first kappa shape index (κ1) is 15.4. The number of pyridine rings is 1. The van der Waals surface area contributed by atoms with E-state index >= 15 is 0 Å². The van der Waals surface area contributed by atoms with Crippen LogP contribution < -0.4 is 5.43 Å². The van der Waals surface area contributed by atoms with Gasteiger partial charge in [0.15, 0.2) is 0 Å². The van der Waals surface area contributed by atoms with Crippen LogP contribution in [0.1, 0.15) is 61.1 Å². The smallest absolute Gasteiger partial charge is 0.290 e. The first-order valence-electron chi connectivity index (χ1n) is 9.02. The number of hydrogen-bond donors (Lipinski definition) is 1. The van der Waals surface area contributed by atoms with Crippen LogP contribution in [-0.2, 0) is 0 Å². The lowest BCUT2D eigenvalue weighted by atomic mass is 9.70. The highest BCUT2D eigenvalue weighted by Crippen LogP contribution is 2.39. The van der Waals surface area contributed by atoms with E-state index in [1.54, 1.807) is 0 Å². The molecule has 1 amide bonds. The fraction of sp³-hybridized carbons (Fsp3) is 0.526. The van der Waals surface area contributed by atoms with Gasteiger partial charge >= 0.3 is 0 Å². The quantitative estimate of drug-likeness (QED) is 0.856. The Morgan fingerprint density at radius 3 is 2.96 bits per heavy atom. The molecule has 2 fully saturated rings. The van der Waals surface area contributed by atoms with Crippen molar-refractivity contribution in [2.45, 2.75) is 51.9 Å². The van der Waals surface area contributed by atoms with Crippen LogP contribution in [0, 0.1) is 18.8 Å². The molecule has 5 heteroatoms. The predicted octanol–water partition coefficient (Wildman–Crippen LogP) is 3.72. The summed E-state index contributed by atoms with van der Waals surface area (Å²) in [5, 5.41) is 4.45. The molecule has 126 valence electrons. The summed E-state index contributed by atoms with van der Waals surface area (Å²) >= 11 is 0. The monoisotopic (exact) mass is 324 g/mol. The van der Waals surface area contributed by atoms with Crippen molar-refractivity contribution in [2.75, 3.05) is 0 Å². The maximum Gasteiger partial charge on any atom is 0.290 e. The maximum absolute atomic E-state index is 12.6. The minimum Gasteiger partial charge on any atom is -0.295 e. The number of fused-ring (bicyclic) bond motifs is 2. The van der Waals surface area contributed by atoms with Gasteiger partial charge in [-0.25, -0.2) is 10.4 Å². The van der Waals surface area contributed by atoms with E-state index in [1.807, 2.05) is 35.7 Å². The van der Waals surface area contributed by atoms with E-state index in [4.69, 9.17) is 0 Å². The highest BCUT2D eigenvalue weighted by Gasteiger charge is 2.30. The van der Waals surface area contributed by atoms with E-state index in [9.17, 15) is 4.79 Å². The first-order valence-corrected chi connectivity index (χ1v) is 9.02. The Hall–Kier alpha value is -2.17. The zero-order chi connectivity index (χ0) is 16.5. The summed E-state index contributed by atoms with van der Waals surface area (Å²) in [5.41, 5.74) is 6.01. The van der Waals surface area contributed by atoms with Crippen molar-refractivity contribution in [3.63, 3.8) is 0 Å². The average molecular weight is 324 g/mol. The van der Waals surface area contributed by atoms with Crippen molar-refractivity contribution in [1.29, 1.82) is 0 Å². The molecule has 2 aromatic rings. The van der Waals surface area contributed by atoms with Crippen molar-refractivity contribution in [1.82, 2.24) is 14.8 Å². The molecule has 2 saturated carbocycles. The zero-order valence-corrected chi connectivity index (χ0v) is 14.2. The summed E-state index contributed by atoms with van der Waals surface area (Å²) in [7, 11) is 0. The molecular formula is C19H24N4O. The molecule has 5 nitrogen and oxygen atoms in total. The summed E-state index contributed by atoms with van der Waals surface area (Å²) in [4.78, 5) is 17.0. The van der Waals surface area contributed by atoms with E-state index in [0.29, 0.717) is 5.69 Å². The van der Waals surface area contributed by atoms with Crippen LogP contribution in [0.4, 0.5) is 0 Å². The van der Waals surface area contributed by atoms with Crippen molar-refractivity contribution < 1.29 is 4.79 Å². The predicted molar refractivity (Wildman–Crippen MR) is 94.1 cm³/mol. The number of carbonyl (C=O) groups is 1. The molecule has 2 atom stereocenters. The number of nitrogens with one attached hydrogen (secondary N) is 1. The molecule has 2 aliphatic carbocycles. The van der Waals surface area contributed by atoms with Crippen molar-refractivity contribution >= 4 is 17.3 Å². The second kappa shape index (κ2) is 6.38. The van der Waals surface area contributed by atoms with E-state index in [2.05, 4.69) is 15.5 Å². The molecule has 0 saturated heterocycles. The Bertz CT molecular complexity index is 792. The van der Waals surface area contributed by atoms with Gasteiger partial charge in [-0.15, -0.1) is 0 Å². The number of hydrogen-bond acceptors (Lipinski definition) is 3. The summed E-state index contributed by atoms with van der Waals surface area (Å²) in [6.45, 7) is 1.86. The number of aromatic nitrogens is 2. The van der Waals surface area contributed by atoms with Gasteiger partial charge in [0, 0.05) is 11.9 Å². The zero-order valence-electron chi connectivity index (χ0n) is 14.2. The topological polar surface area (TPSA) is 58.8 Å². The van der Waals surface area contributed by atoms with Gasteiger partial charge in [-0.3, -0.25) is 9.20 Å². The van der Waals surface area contributed by atoms with Crippen LogP contribution in [0.25, 0.3) is 5.65 Å². The minimum absolute atomic E-state index is 0.176. The second-order valence-corrected chi connectivity index (χ2v) is 7.14. The lowest BCUT2D eigenvalue weighted by Gasteiger charge is -2.35. The number of hydrazone groups is 1. The molecule has 0 unspecified atom stereocenters. The van der Waals surface area contributed by atoms with Gasteiger partial charge in [-0.2, -0.15) is 5.10 Å². The van der Waals surface area contributed by atoms with Crippen molar-refractivity contribution in [3.8, 4) is 0 Å². The van der Waals surface area contributed by atoms with Gasteiger partial charge in [0.05, 0.1) is 5.69 Å². The molecule has 2 heterocycles. The van der Waals surface area contributed by atoms with Crippen LogP contribution in [0.15, 0.2) is 29.5 Å². The lowest BCUT2D eigenvalue weighted by molar-refractivity contribution is 0.0947. The van der Waals surface area contributed by atoms with Gasteiger partial charge in [0.25, 0.3) is 5.91 Å².